The third-order valence-corrected chi connectivity index (χ3v) is 5.37. The molecule has 32 heavy (non-hydrogen) atoms. The molecule has 3 rings (SSSR count). The number of nitrogens with one attached hydrogen (secondary N) is 1. The standard InChI is InChI=1S/C21H18N4O5S2/c1-12(2)31-21-24-20(32-25-21)23-18(26)14(11-22)9-13-6-7-15(17(10-13)28-3)30-19(27)16-5-4-8-29-16/h4-10,12H,1-3H3,(H,23,24,25,26)/b14-9-. The molecule has 9 nitrogen and oxygen atoms in total. The maximum Gasteiger partial charge on any atom is 0.379 e. The lowest BCUT2D eigenvalue weighted by Crippen LogP contribution is -2.13. The number of anilines is 1. The van der Waals surface area contributed by atoms with Gasteiger partial charge in [-0.2, -0.15) is 14.6 Å². The summed E-state index contributed by atoms with van der Waals surface area (Å²) < 4.78 is 19.7. The Morgan fingerprint density at radius 2 is 2.12 bits per heavy atom. The first-order valence-electron chi connectivity index (χ1n) is 9.27. The van der Waals surface area contributed by atoms with Crippen LogP contribution in [0.15, 0.2) is 51.7 Å². The zero-order valence-corrected chi connectivity index (χ0v) is 19.0. The molecule has 0 aliphatic carbocycles. The predicted molar refractivity (Wildman–Crippen MR) is 120 cm³/mol. The molecule has 2 heterocycles. The second-order valence-corrected chi connectivity index (χ2v) is 8.75. The Labute approximate surface area is 192 Å². The average molecular weight is 471 g/mol. The van der Waals surface area contributed by atoms with Gasteiger partial charge < -0.3 is 13.9 Å². The van der Waals surface area contributed by atoms with Crippen molar-refractivity contribution in [3.63, 3.8) is 0 Å². The van der Waals surface area contributed by atoms with Crippen LogP contribution in [-0.4, -0.2) is 33.6 Å². The number of hydrogen-bond acceptors (Lipinski definition) is 10. The number of carbonyl (C=O) groups is 2. The summed E-state index contributed by atoms with van der Waals surface area (Å²) in [6, 6.07) is 9.55. The van der Waals surface area contributed by atoms with E-state index in [2.05, 4.69) is 14.7 Å². The molecule has 0 bridgehead atoms. The molecule has 2 aromatic heterocycles. The van der Waals surface area contributed by atoms with Gasteiger partial charge in [-0.1, -0.05) is 31.7 Å². The third-order valence-electron chi connectivity index (χ3n) is 3.76. The van der Waals surface area contributed by atoms with Gasteiger partial charge in [0.05, 0.1) is 13.4 Å². The number of benzene rings is 1. The van der Waals surface area contributed by atoms with Crippen LogP contribution in [0, 0.1) is 11.3 Å². The van der Waals surface area contributed by atoms with Crippen molar-refractivity contribution in [3.05, 3.63) is 53.5 Å². The fourth-order valence-electron chi connectivity index (χ4n) is 2.40. The number of aromatic nitrogens is 2. The highest BCUT2D eigenvalue weighted by Gasteiger charge is 2.17. The van der Waals surface area contributed by atoms with Gasteiger partial charge in [0.25, 0.3) is 5.91 Å². The van der Waals surface area contributed by atoms with Gasteiger partial charge >= 0.3 is 5.97 Å². The highest BCUT2D eigenvalue weighted by molar-refractivity contribution is 7.99. The molecule has 0 spiro atoms. The number of carbonyl (C=O) groups excluding carboxylic acids is 2. The molecule has 0 radical (unpaired) electrons. The fourth-order valence-corrected chi connectivity index (χ4v) is 3.78. The van der Waals surface area contributed by atoms with E-state index >= 15 is 0 Å². The summed E-state index contributed by atoms with van der Waals surface area (Å²) in [7, 11) is 1.41. The van der Waals surface area contributed by atoms with Gasteiger partial charge in [-0.05, 0) is 35.9 Å². The Hall–Kier alpha value is -3.62. The zero-order valence-electron chi connectivity index (χ0n) is 17.3. The number of ether oxygens (including phenoxy) is 2. The Morgan fingerprint density at radius 3 is 2.78 bits per heavy atom. The lowest BCUT2D eigenvalue weighted by atomic mass is 10.1. The van der Waals surface area contributed by atoms with Crippen LogP contribution >= 0.6 is 23.3 Å². The first-order chi connectivity index (χ1) is 15.4. The summed E-state index contributed by atoms with van der Waals surface area (Å²) in [5, 5.41) is 13.2. The van der Waals surface area contributed by atoms with Gasteiger partial charge in [0, 0.05) is 16.8 Å². The van der Waals surface area contributed by atoms with Crippen LogP contribution in [0.1, 0.15) is 30.0 Å². The molecule has 1 N–H and O–H groups in total. The number of nitriles is 1. The van der Waals surface area contributed by atoms with Crippen LogP contribution in [0.3, 0.4) is 0 Å². The number of amides is 1. The highest BCUT2D eigenvalue weighted by atomic mass is 32.2. The summed E-state index contributed by atoms with van der Waals surface area (Å²) in [4.78, 5) is 28.8. The molecule has 164 valence electrons. The number of methoxy groups -OCH3 is 1. The first-order valence-corrected chi connectivity index (χ1v) is 10.9. The van der Waals surface area contributed by atoms with E-state index in [1.54, 1.807) is 12.1 Å². The van der Waals surface area contributed by atoms with Crippen molar-refractivity contribution in [2.75, 3.05) is 12.4 Å². The van der Waals surface area contributed by atoms with E-state index in [0.717, 1.165) is 11.5 Å². The van der Waals surface area contributed by atoms with Crippen LogP contribution in [0.25, 0.3) is 6.08 Å². The molecule has 1 aromatic carbocycles. The van der Waals surface area contributed by atoms with Crippen molar-refractivity contribution < 1.29 is 23.5 Å². The van der Waals surface area contributed by atoms with Crippen molar-refractivity contribution in [1.82, 2.24) is 9.36 Å². The molecule has 3 aromatic rings. The Balaban J connectivity index is 1.74. The number of furan rings is 1. The van der Waals surface area contributed by atoms with E-state index in [0.29, 0.717) is 21.1 Å². The minimum absolute atomic E-state index is 0.0473. The van der Waals surface area contributed by atoms with Crippen molar-refractivity contribution >= 4 is 46.4 Å². The number of esters is 1. The summed E-state index contributed by atoms with van der Waals surface area (Å²) >= 11 is 2.51. The second-order valence-electron chi connectivity index (χ2n) is 6.45. The monoisotopic (exact) mass is 470 g/mol. The van der Waals surface area contributed by atoms with E-state index in [1.807, 2.05) is 19.9 Å². The molecule has 1 amide bonds. The summed E-state index contributed by atoms with van der Waals surface area (Å²) in [5.74, 6) is -0.835. The number of nitrogens with zero attached hydrogens (tertiary/aromatic N) is 3. The van der Waals surface area contributed by atoms with E-state index in [-0.39, 0.29) is 22.8 Å². The number of thioether (sulfide) groups is 1. The van der Waals surface area contributed by atoms with Crippen LogP contribution in [0.4, 0.5) is 5.13 Å². The average Bonchev–Trinajstić information content (AvgIpc) is 3.44. The first kappa shape index (κ1) is 23.1. The van der Waals surface area contributed by atoms with Crippen LogP contribution in [-0.2, 0) is 4.79 Å². The summed E-state index contributed by atoms with van der Waals surface area (Å²) in [5.41, 5.74) is 0.361. The fraction of sp³-hybridized carbons (Fsp3) is 0.190. The van der Waals surface area contributed by atoms with Crippen molar-refractivity contribution in [3.8, 4) is 17.6 Å². The van der Waals surface area contributed by atoms with E-state index < -0.39 is 11.9 Å². The van der Waals surface area contributed by atoms with Gasteiger partial charge in [0.2, 0.25) is 16.0 Å². The van der Waals surface area contributed by atoms with Gasteiger partial charge in [0.1, 0.15) is 11.6 Å². The van der Waals surface area contributed by atoms with E-state index in [9.17, 15) is 14.9 Å². The molecule has 11 heteroatoms. The summed E-state index contributed by atoms with van der Waals surface area (Å²) in [6.45, 7) is 4.02. The van der Waals surface area contributed by atoms with Crippen molar-refractivity contribution in [2.45, 2.75) is 24.3 Å². The van der Waals surface area contributed by atoms with E-state index in [4.69, 9.17) is 13.9 Å². The highest BCUT2D eigenvalue weighted by Crippen LogP contribution is 2.30. The van der Waals surface area contributed by atoms with Crippen molar-refractivity contribution in [2.24, 2.45) is 0 Å². The number of rotatable bonds is 8. The molecule has 0 unspecified atom stereocenters. The SMILES string of the molecule is COc1cc(/C=C(/C#N)C(=O)Nc2nc(SC(C)C)ns2)ccc1OC(=O)c1ccco1. The lowest BCUT2D eigenvalue weighted by Gasteiger charge is -2.09. The minimum atomic E-state index is -0.680. The normalized spacial score (nSPS) is 11.2. The Morgan fingerprint density at radius 1 is 1.31 bits per heavy atom. The van der Waals surface area contributed by atoms with Crippen LogP contribution in [0.2, 0.25) is 0 Å². The quantitative estimate of drug-likeness (QED) is 0.167. The second kappa shape index (κ2) is 10.6. The van der Waals surface area contributed by atoms with E-state index in [1.165, 1.54) is 49.4 Å². The Kier molecular flexibility index (Phi) is 7.64. The predicted octanol–water partition coefficient (Wildman–Crippen LogP) is 4.41. The lowest BCUT2D eigenvalue weighted by molar-refractivity contribution is -0.112. The van der Waals surface area contributed by atoms with Gasteiger partial charge in [-0.15, -0.1) is 0 Å². The molecule has 0 aliphatic heterocycles. The topological polar surface area (TPSA) is 127 Å². The third kappa shape index (κ3) is 5.96. The summed E-state index contributed by atoms with van der Waals surface area (Å²) in [6.07, 6.45) is 2.75. The largest absolute Gasteiger partial charge is 0.493 e. The molecule has 0 saturated carbocycles. The van der Waals surface area contributed by atoms with Crippen molar-refractivity contribution in [1.29, 1.82) is 5.26 Å². The van der Waals surface area contributed by atoms with Crippen LogP contribution in [0.5, 0.6) is 11.5 Å². The molecular weight excluding hydrogens is 452 g/mol. The maximum atomic E-state index is 12.5. The molecular formula is C21H18N4O5S2. The molecule has 0 atom stereocenters. The molecule has 0 fully saturated rings. The van der Waals surface area contributed by atoms with Gasteiger partial charge in [-0.3, -0.25) is 10.1 Å². The molecule has 0 saturated heterocycles. The zero-order chi connectivity index (χ0) is 23.1. The maximum absolute atomic E-state index is 12.5. The number of hydrogen-bond donors (Lipinski definition) is 1. The van der Waals surface area contributed by atoms with Crippen LogP contribution < -0.4 is 14.8 Å². The smallest absolute Gasteiger partial charge is 0.379 e. The minimum Gasteiger partial charge on any atom is -0.493 e. The molecule has 0 aliphatic rings. The Bertz CT molecular complexity index is 1180. The van der Waals surface area contributed by atoms with Gasteiger partial charge in [0.15, 0.2) is 11.5 Å². The van der Waals surface area contributed by atoms with Gasteiger partial charge in [-0.25, -0.2) is 4.79 Å².